The number of likely N-dealkylation sites (N-methyl/N-ethyl adjacent to an activating group) is 1. The smallest absolute Gasteiger partial charge is 0.343 e. The highest BCUT2D eigenvalue weighted by Gasteiger charge is 2.49. The Balaban J connectivity index is 1.57. The molecule has 2 unspecified atom stereocenters. The molecule has 170 valence electrons. The fourth-order valence-electron chi connectivity index (χ4n) is 5.15. The molecule has 1 aliphatic heterocycles. The van der Waals surface area contributed by atoms with Gasteiger partial charge < -0.3 is 23.8 Å². The van der Waals surface area contributed by atoms with Crippen molar-refractivity contribution in [2.24, 2.45) is 0 Å². The largest absolute Gasteiger partial charge is 0.496 e. The number of fused-ring (bicyclic) bond motifs is 1. The summed E-state index contributed by atoms with van der Waals surface area (Å²) in [5, 5.41) is 0. The first-order chi connectivity index (χ1) is 15.4. The number of hydrogen-bond donors (Lipinski definition) is 0. The third-order valence-electron chi connectivity index (χ3n) is 6.98. The van der Waals surface area contributed by atoms with Gasteiger partial charge in [-0.25, -0.2) is 4.79 Å². The predicted octanol–water partition coefficient (Wildman–Crippen LogP) is 4.50. The molecule has 0 saturated carbocycles. The van der Waals surface area contributed by atoms with E-state index in [2.05, 4.69) is 43.1 Å². The lowest BCUT2D eigenvalue weighted by Gasteiger charge is -2.40. The van der Waals surface area contributed by atoms with E-state index in [1.807, 2.05) is 0 Å². The van der Waals surface area contributed by atoms with E-state index in [9.17, 15) is 4.79 Å². The second-order valence-corrected chi connectivity index (χ2v) is 8.62. The number of ether oxygens (including phenoxy) is 4. The van der Waals surface area contributed by atoms with E-state index in [4.69, 9.17) is 18.9 Å². The van der Waals surface area contributed by atoms with Crippen molar-refractivity contribution in [2.75, 3.05) is 34.9 Å². The van der Waals surface area contributed by atoms with Crippen molar-refractivity contribution in [1.29, 1.82) is 0 Å². The minimum atomic E-state index is -0.384. The van der Waals surface area contributed by atoms with Crippen LogP contribution in [-0.2, 0) is 10.2 Å². The molecule has 1 saturated heterocycles. The standard InChI is InChI=1S/C26H31NO5/c1-17-14-19(7-9-21(17)29-3)26-11-10-20(16-24(26)27(2)13-12-26)32-25(28)18-6-8-22(30-4)23(15-18)31-5/h6-10,14-15,24H,11-13,16H2,1-5H3. The third-order valence-corrected chi connectivity index (χ3v) is 6.98. The van der Waals surface area contributed by atoms with Crippen LogP contribution < -0.4 is 14.2 Å². The van der Waals surface area contributed by atoms with Crippen LogP contribution in [-0.4, -0.2) is 51.8 Å². The first-order valence-electron chi connectivity index (χ1n) is 10.9. The maximum Gasteiger partial charge on any atom is 0.343 e. The molecule has 6 heteroatoms. The number of benzene rings is 2. The maximum absolute atomic E-state index is 12.8. The predicted molar refractivity (Wildman–Crippen MR) is 123 cm³/mol. The molecule has 2 aromatic rings. The molecule has 32 heavy (non-hydrogen) atoms. The van der Waals surface area contributed by atoms with E-state index in [0.717, 1.165) is 36.5 Å². The zero-order valence-electron chi connectivity index (χ0n) is 19.4. The number of methoxy groups -OCH3 is 3. The average molecular weight is 438 g/mol. The molecule has 0 spiro atoms. The minimum absolute atomic E-state index is 0.0189. The summed E-state index contributed by atoms with van der Waals surface area (Å²) in [6.07, 6.45) is 4.70. The summed E-state index contributed by atoms with van der Waals surface area (Å²) in [5.41, 5.74) is 2.92. The van der Waals surface area contributed by atoms with Crippen molar-refractivity contribution in [3.63, 3.8) is 0 Å². The van der Waals surface area contributed by atoms with Crippen LogP contribution in [0.15, 0.2) is 48.2 Å². The third kappa shape index (κ3) is 3.84. The molecule has 2 atom stereocenters. The van der Waals surface area contributed by atoms with Gasteiger partial charge in [0.15, 0.2) is 11.5 Å². The van der Waals surface area contributed by atoms with Gasteiger partial charge in [-0.2, -0.15) is 0 Å². The fraction of sp³-hybridized carbons (Fsp3) is 0.423. The van der Waals surface area contributed by atoms with Crippen LogP contribution in [0.2, 0.25) is 0 Å². The number of hydrogen-bond acceptors (Lipinski definition) is 6. The van der Waals surface area contributed by atoms with Crippen LogP contribution >= 0.6 is 0 Å². The van der Waals surface area contributed by atoms with E-state index in [1.54, 1.807) is 39.5 Å². The molecule has 1 fully saturated rings. The summed E-state index contributed by atoms with van der Waals surface area (Å²) in [6.45, 7) is 3.10. The summed E-state index contributed by atoms with van der Waals surface area (Å²) < 4.78 is 21.8. The molecule has 2 aliphatic rings. The zero-order valence-corrected chi connectivity index (χ0v) is 19.4. The number of rotatable bonds is 6. The number of carbonyl (C=O) groups excluding carboxylic acids is 1. The van der Waals surface area contributed by atoms with E-state index in [1.165, 1.54) is 5.56 Å². The van der Waals surface area contributed by atoms with Gasteiger partial charge in [-0.3, -0.25) is 0 Å². The van der Waals surface area contributed by atoms with Gasteiger partial charge >= 0.3 is 5.97 Å². The Morgan fingerprint density at radius 1 is 1.00 bits per heavy atom. The molecule has 2 aromatic carbocycles. The van der Waals surface area contributed by atoms with Gasteiger partial charge in [0, 0.05) is 17.9 Å². The van der Waals surface area contributed by atoms with Crippen molar-refractivity contribution in [3.05, 3.63) is 64.9 Å². The van der Waals surface area contributed by atoms with Crippen molar-refractivity contribution < 1.29 is 23.7 Å². The van der Waals surface area contributed by atoms with Gasteiger partial charge in [0.1, 0.15) is 11.5 Å². The number of aryl methyl sites for hydroxylation is 1. The number of carbonyl (C=O) groups is 1. The van der Waals surface area contributed by atoms with Crippen LogP contribution in [0.25, 0.3) is 0 Å². The number of allylic oxidation sites excluding steroid dienone is 1. The summed E-state index contributed by atoms with van der Waals surface area (Å²) in [7, 11) is 6.97. The highest BCUT2D eigenvalue weighted by molar-refractivity contribution is 5.91. The van der Waals surface area contributed by atoms with Crippen LogP contribution in [0.1, 0.15) is 40.7 Å². The topological polar surface area (TPSA) is 57.2 Å². The molecule has 0 bridgehead atoms. The normalized spacial score (nSPS) is 22.7. The Hall–Kier alpha value is -2.99. The van der Waals surface area contributed by atoms with Gasteiger partial charge in [-0.1, -0.05) is 12.1 Å². The van der Waals surface area contributed by atoms with Gasteiger partial charge in [0.25, 0.3) is 0 Å². The second kappa shape index (κ2) is 8.87. The highest BCUT2D eigenvalue weighted by Crippen LogP contribution is 2.48. The summed E-state index contributed by atoms with van der Waals surface area (Å²) >= 11 is 0. The zero-order chi connectivity index (χ0) is 22.9. The Morgan fingerprint density at radius 2 is 1.72 bits per heavy atom. The number of esters is 1. The van der Waals surface area contributed by atoms with E-state index in [0.29, 0.717) is 23.5 Å². The number of nitrogens with zero attached hydrogens (tertiary/aromatic N) is 1. The van der Waals surface area contributed by atoms with Crippen LogP contribution in [0.5, 0.6) is 17.2 Å². The first kappa shape index (κ1) is 22.2. The SMILES string of the molecule is COc1ccc(C23CC=C(OC(=O)c4ccc(OC)c(OC)c4)CC2N(C)CC3)cc1C. The Bertz CT molecular complexity index is 1050. The number of likely N-dealkylation sites (tertiary alicyclic amines) is 1. The second-order valence-electron chi connectivity index (χ2n) is 8.62. The van der Waals surface area contributed by atoms with Gasteiger partial charge in [0.05, 0.1) is 26.9 Å². The summed E-state index contributed by atoms with van der Waals surface area (Å²) in [4.78, 5) is 15.2. The van der Waals surface area contributed by atoms with E-state index in [-0.39, 0.29) is 17.4 Å². The Kier molecular flexibility index (Phi) is 6.15. The molecule has 1 heterocycles. The van der Waals surface area contributed by atoms with Crippen molar-refractivity contribution in [1.82, 2.24) is 4.90 Å². The lowest BCUT2D eigenvalue weighted by molar-refractivity contribution is 0.0579. The lowest BCUT2D eigenvalue weighted by Crippen LogP contribution is -2.43. The van der Waals surface area contributed by atoms with Crippen LogP contribution in [0.4, 0.5) is 0 Å². The fourth-order valence-corrected chi connectivity index (χ4v) is 5.15. The van der Waals surface area contributed by atoms with Crippen LogP contribution in [0.3, 0.4) is 0 Å². The highest BCUT2D eigenvalue weighted by atomic mass is 16.5. The van der Waals surface area contributed by atoms with Crippen molar-refractivity contribution in [3.8, 4) is 17.2 Å². The molecular formula is C26H31NO5. The Labute approximate surface area is 189 Å². The first-order valence-corrected chi connectivity index (χ1v) is 10.9. The van der Waals surface area contributed by atoms with Gasteiger partial charge in [-0.05, 0) is 74.8 Å². The molecule has 0 aromatic heterocycles. The minimum Gasteiger partial charge on any atom is -0.496 e. The Morgan fingerprint density at radius 3 is 2.41 bits per heavy atom. The van der Waals surface area contributed by atoms with Gasteiger partial charge in [-0.15, -0.1) is 0 Å². The molecule has 0 radical (unpaired) electrons. The molecule has 1 aliphatic carbocycles. The summed E-state index contributed by atoms with van der Waals surface area (Å²) in [6, 6.07) is 11.8. The lowest BCUT2D eigenvalue weighted by atomic mass is 9.68. The molecule has 6 nitrogen and oxygen atoms in total. The van der Waals surface area contributed by atoms with Crippen LogP contribution in [0, 0.1) is 6.92 Å². The van der Waals surface area contributed by atoms with E-state index < -0.39 is 0 Å². The monoisotopic (exact) mass is 437 g/mol. The molecule has 4 rings (SSSR count). The molecule has 0 amide bonds. The average Bonchev–Trinajstić information content (AvgIpc) is 3.15. The molecular weight excluding hydrogens is 406 g/mol. The van der Waals surface area contributed by atoms with Crippen molar-refractivity contribution in [2.45, 2.75) is 37.6 Å². The van der Waals surface area contributed by atoms with E-state index >= 15 is 0 Å². The van der Waals surface area contributed by atoms with Crippen molar-refractivity contribution >= 4 is 5.97 Å². The maximum atomic E-state index is 12.8. The summed E-state index contributed by atoms with van der Waals surface area (Å²) in [5.74, 6) is 2.33. The quantitative estimate of drug-likeness (QED) is 0.621. The van der Waals surface area contributed by atoms with Gasteiger partial charge in [0.2, 0.25) is 0 Å². The molecule has 0 N–H and O–H groups in total.